The highest BCUT2D eigenvalue weighted by molar-refractivity contribution is 9.11. The largest absolute Gasteiger partial charge is 0.310 e. The van der Waals surface area contributed by atoms with Crippen molar-refractivity contribution in [3.63, 3.8) is 0 Å². The molecular weight excluding hydrogens is 362 g/mol. The van der Waals surface area contributed by atoms with Gasteiger partial charge in [0.05, 0.1) is 12.2 Å². The maximum absolute atomic E-state index is 4.03. The standard InChI is InChI=1S/C11H13Br2N5/c1-2-5-14-7-11-15-16-17-18(11)10-4-3-8(12)6-9(10)13/h3-4,6,14H,2,5,7H2,1H3. The molecule has 0 radical (unpaired) electrons. The Morgan fingerprint density at radius 3 is 2.89 bits per heavy atom. The fourth-order valence-electron chi connectivity index (χ4n) is 1.53. The molecule has 1 heterocycles. The minimum Gasteiger partial charge on any atom is -0.310 e. The van der Waals surface area contributed by atoms with Crippen molar-refractivity contribution in [2.45, 2.75) is 19.9 Å². The van der Waals surface area contributed by atoms with Crippen molar-refractivity contribution in [1.82, 2.24) is 25.5 Å². The molecule has 18 heavy (non-hydrogen) atoms. The summed E-state index contributed by atoms with van der Waals surface area (Å²) in [5.41, 5.74) is 0.927. The Morgan fingerprint density at radius 1 is 1.33 bits per heavy atom. The second kappa shape index (κ2) is 6.40. The van der Waals surface area contributed by atoms with Gasteiger partial charge >= 0.3 is 0 Å². The number of hydrogen-bond acceptors (Lipinski definition) is 4. The van der Waals surface area contributed by atoms with Crippen LogP contribution in [0.15, 0.2) is 27.1 Å². The van der Waals surface area contributed by atoms with Gasteiger partial charge in [0.15, 0.2) is 5.82 Å². The third-order valence-electron chi connectivity index (χ3n) is 2.38. The van der Waals surface area contributed by atoms with Gasteiger partial charge in [-0.3, -0.25) is 0 Å². The molecule has 0 aliphatic heterocycles. The van der Waals surface area contributed by atoms with Gasteiger partial charge in [-0.05, 0) is 57.5 Å². The van der Waals surface area contributed by atoms with Crippen molar-refractivity contribution >= 4 is 31.9 Å². The van der Waals surface area contributed by atoms with E-state index in [1.807, 2.05) is 18.2 Å². The van der Waals surface area contributed by atoms with E-state index in [1.165, 1.54) is 0 Å². The first-order valence-electron chi connectivity index (χ1n) is 5.65. The lowest BCUT2D eigenvalue weighted by Gasteiger charge is -2.07. The first-order valence-corrected chi connectivity index (χ1v) is 7.24. The molecule has 0 saturated carbocycles. The zero-order valence-corrected chi connectivity index (χ0v) is 13.1. The normalized spacial score (nSPS) is 10.8. The van der Waals surface area contributed by atoms with Crippen LogP contribution in [0, 0.1) is 0 Å². The van der Waals surface area contributed by atoms with Gasteiger partial charge in [-0.1, -0.05) is 22.9 Å². The molecule has 0 bridgehead atoms. The third kappa shape index (κ3) is 3.15. The summed E-state index contributed by atoms with van der Waals surface area (Å²) >= 11 is 6.94. The van der Waals surface area contributed by atoms with Gasteiger partial charge in [0.1, 0.15) is 0 Å². The zero-order chi connectivity index (χ0) is 13.0. The van der Waals surface area contributed by atoms with Crippen LogP contribution in [0.5, 0.6) is 0 Å². The van der Waals surface area contributed by atoms with E-state index in [4.69, 9.17) is 0 Å². The Balaban J connectivity index is 2.25. The summed E-state index contributed by atoms with van der Waals surface area (Å²) in [6.45, 7) is 3.74. The van der Waals surface area contributed by atoms with Crippen molar-refractivity contribution in [3.8, 4) is 5.69 Å². The number of hydrogen-bond donors (Lipinski definition) is 1. The first kappa shape index (κ1) is 13.6. The number of nitrogens with one attached hydrogen (secondary N) is 1. The van der Waals surface area contributed by atoms with E-state index >= 15 is 0 Å². The smallest absolute Gasteiger partial charge is 0.170 e. The summed E-state index contributed by atoms with van der Waals surface area (Å²) in [5, 5.41) is 15.1. The topological polar surface area (TPSA) is 55.6 Å². The second-order valence-electron chi connectivity index (χ2n) is 3.78. The van der Waals surface area contributed by atoms with E-state index in [1.54, 1.807) is 4.68 Å². The lowest BCUT2D eigenvalue weighted by molar-refractivity contribution is 0.632. The first-order chi connectivity index (χ1) is 8.72. The van der Waals surface area contributed by atoms with E-state index in [-0.39, 0.29) is 0 Å². The van der Waals surface area contributed by atoms with E-state index in [0.29, 0.717) is 6.54 Å². The molecule has 0 aliphatic carbocycles. The van der Waals surface area contributed by atoms with Crippen molar-refractivity contribution in [3.05, 3.63) is 33.0 Å². The van der Waals surface area contributed by atoms with Crippen LogP contribution in [0.1, 0.15) is 19.2 Å². The van der Waals surface area contributed by atoms with Crippen LogP contribution < -0.4 is 5.32 Å². The summed E-state index contributed by atoms with van der Waals surface area (Å²) in [6, 6.07) is 5.90. The SMILES string of the molecule is CCCNCc1nnnn1-c1ccc(Br)cc1Br. The fourth-order valence-corrected chi connectivity index (χ4v) is 2.75. The molecule has 2 rings (SSSR count). The average molecular weight is 375 g/mol. The van der Waals surface area contributed by atoms with Crippen LogP contribution in [0.3, 0.4) is 0 Å². The molecule has 0 atom stereocenters. The minimum absolute atomic E-state index is 0.656. The van der Waals surface area contributed by atoms with E-state index < -0.39 is 0 Å². The Labute approximate surface area is 122 Å². The number of halogens is 2. The van der Waals surface area contributed by atoms with Crippen LogP contribution in [0.2, 0.25) is 0 Å². The van der Waals surface area contributed by atoms with Gasteiger partial charge < -0.3 is 5.32 Å². The maximum Gasteiger partial charge on any atom is 0.170 e. The highest BCUT2D eigenvalue weighted by atomic mass is 79.9. The van der Waals surface area contributed by atoms with Crippen molar-refractivity contribution in [2.75, 3.05) is 6.54 Å². The monoisotopic (exact) mass is 373 g/mol. The fraction of sp³-hybridized carbons (Fsp3) is 0.364. The molecule has 0 aliphatic rings. The summed E-state index contributed by atoms with van der Waals surface area (Å²) in [5.74, 6) is 0.798. The summed E-state index contributed by atoms with van der Waals surface area (Å²) in [4.78, 5) is 0. The van der Waals surface area contributed by atoms with E-state index in [2.05, 4.69) is 59.6 Å². The van der Waals surface area contributed by atoms with E-state index in [9.17, 15) is 0 Å². The minimum atomic E-state index is 0.656. The second-order valence-corrected chi connectivity index (χ2v) is 5.55. The molecule has 5 nitrogen and oxygen atoms in total. The van der Waals surface area contributed by atoms with Gasteiger partial charge in [0.2, 0.25) is 0 Å². The molecule has 1 aromatic carbocycles. The van der Waals surface area contributed by atoms with Gasteiger partial charge in [0.25, 0.3) is 0 Å². The number of aromatic nitrogens is 4. The Bertz CT molecular complexity index is 526. The van der Waals surface area contributed by atoms with Crippen molar-refractivity contribution < 1.29 is 0 Å². The van der Waals surface area contributed by atoms with Gasteiger partial charge in [-0.25, -0.2) is 0 Å². The maximum atomic E-state index is 4.03. The Kier molecular flexibility index (Phi) is 4.85. The lowest BCUT2D eigenvalue weighted by atomic mass is 10.3. The van der Waals surface area contributed by atoms with Crippen LogP contribution >= 0.6 is 31.9 Å². The molecule has 0 unspecified atom stereocenters. The van der Waals surface area contributed by atoms with Crippen LogP contribution in [0.25, 0.3) is 5.69 Å². The molecule has 0 saturated heterocycles. The zero-order valence-electron chi connectivity index (χ0n) is 9.90. The molecule has 0 amide bonds. The van der Waals surface area contributed by atoms with Crippen LogP contribution in [-0.2, 0) is 6.54 Å². The van der Waals surface area contributed by atoms with Gasteiger partial charge in [-0.2, -0.15) is 4.68 Å². The summed E-state index contributed by atoms with van der Waals surface area (Å²) in [6.07, 6.45) is 1.09. The lowest BCUT2D eigenvalue weighted by Crippen LogP contribution is -2.17. The van der Waals surface area contributed by atoms with Crippen LogP contribution in [-0.4, -0.2) is 26.8 Å². The third-order valence-corrected chi connectivity index (χ3v) is 3.51. The van der Waals surface area contributed by atoms with Gasteiger partial charge in [-0.15, -0.1) is 5.10 Å². The van der Waals surface area contributed by atoms with Crippen molar-refractivity contribution in [1.29, 1.82) is 0 Å². The molecular formula is C11H13Br2N5. The van der Waals surface area contributed by atoms with Crippen LogP contribution in [0.4, 0.5) is 0 Å². The molecule has 96 valence electrons. The predicted molar refractivity (Wildman–Crippen MR) is 76.6 cm³/mol. The van der Waals surface area contributed by atoms with Crippen molar-refractivity contribution in [2.24, 2.45) is 0 Å². The Morgan fingerprint density at radius 2 is 2.17 bits per heavy atom. The highest BCUT2D eigenvalue weighted by Crippen LogP contribution is 2.24. The molecule has 0 fully saturated rings. The average Bonchev–Trinajstić information content (AvgIpc) is 2.78. The number of nitrogens with zero attached hydrogens (tertiary/aromatic N) is 4. The quantitative estimate of drug-likeness (QED) is 0.817. The number of benzene rings is 1. The number of tetrazole rings is 1. The molecule has 1 N–H and O–H groups in total. The summed E-state index contributed by atoms with van der Waals surface area (Å²) < 4.78 is 3.69. The van der Waals surface area contributed by atoms with E-state index in [0.717, 1.165) is 33.4 Å². The molecule has 1 aromatic heterocycles. The number of rotatable bonds is 5. The highest BCUT2D eigenvalue weighted by Gasteiger charge is 2.10. The molecule has 0 spiro atoms. The summed E-state index contributed by atoms with van der Waals surface area (Å²) in [7, 11) is 0. The Hall–Kier alpha value is -0.790. The van der Waals surface area contributed by atoms with Gasteiger partial charge in [0, 0.05) is 8.95 Å². The predicted octanol–water partition coefficient (Wildman–Crippen LogP) is 2.69. The molecule has 7 heteroatoms. The molecule has 2 aromatic rings.